The molecule has 5 nitrogen and oxygen atoms in total. The summed E-state index contributed by atoms with van der Waals surface area (Å²) in [6.07, 6.45) is 4.69. The minimum absolute atomic E-state index is 0.0141. The number of fused-ring (bicyclic) bond motifs is 1. The minimum atomic E-state index is -0.0141. The fourth-order valence-corrected chi connectivity index (χ4v) is 1.69. The molecule has 0 radical (unpaired) electrons. The van der Waals surface area contributed by atoms with Crippen molar-refractivity contribution in [2.24, 2.45) is 0 Å². The molecule has 2 rings (SSSR count). The number of carbonyl (C=O) groups excluding carboxylic acids is 1. The Labute approximate surface area is 90.2 Å². The molecule has 15 heavy (non-hydrogen) atoms. The Morgan fingerprint density at radius 1 is 1.60 bits per heavy atom. The zero-order valence-electron chi connectivity index (χ0n) is 8.04. The Morgan fingerprint density at radius 3 is 3.07 bits per heavy atom. The van der Waals surface area contributed by atoms with Crippen LogP contribution in [0.5, 0.6) is 0 Å². The molecular formula is C9H8N4OS. The maximum absolute atomic E-state index is 10.9. The third-order valence-electron chi connectivity index (χ3n) is 1.70. The van der Waals surface area contributed by atoms with Gasteiger partial charge in [-0.2, -0.15) is 5.10 Å². The SMILES string of the molecule is C=Cn1ncc2nc(SC(C)=O)cnc21. The summed E-state index contributed by atoms with van der Waals surface area (Å²) in [6, 6.07) is 0. The second kappa shape index (κ2) is 3.82. The Bertz CT molecular complexity index is 534. The van der Waals surface area contributed by atoms with Crippen molar-refractivity contribution < 1.29 is 4.79 Å². The van der Waals surface area contributed by atoms with Crippen molar-refractivity contribution in [3.8, 4) is 0 Å². The Kier molecular flexibility index (Phi) is 2.51. The van der Waals surface area contributed by atoms with Crippen molar-refractivity contribution in [2.75, 3.05) is 0 Å². The third kappa shape index (κ3) is 1.89. The fourth-order valence-electron chi connectivity index (χ4n) is 1.14. The van der Waals surface area contributed by atoms with Gasteiger partial charge in [0, 0.05) is 13.1 Å². The molecule has 2 aromatic rings. The van der Waals surface area contributed by atoms with Crippen LogP contribution in [0.1, 0.15) is 6.92 Å². The third-order valence-corrected chi connectivity index (χ3v) is 2.39. The van der Waals surface area contributed by atoms with Gasteiger partial charge in [-0.15, -0.1) is 0 Å². The molecule has 0 unspecified atom stereocenters. The van der Waals surface area contributed by atoms with E-state index in [4.69, 9.17) is 0 Å². The van der Waals surface area contributed by atoms with Crippen LogP contribution in [0.3, 0.4) is 0 Å². The van der Waals surface area contributed by atoms with Crippen LogP contribution in [0.2, 0.25) is 0 Å². The summed E-state index contributed by atoms with van der Waals surface area (Å²) < 4.78 is 1.53. The van der Waals surface area contributed by atoms with E-state index in [1.54, 1.807) is 18.6 Å². The predicted molar refractivity (Wildman–Crippen MR) is 58.2 cm³/mol. The van der Waals surface area contributed by atoms with Gasteiger partial charge in [0.25, 0.3) is 0 Å². The molecule has 0 fully saturated rings. The maximum Gasteiger partial charge on any atom is 0.192 e. The molecule has 0 atom stereocenters. The van der Waals surface area contributed by atoms with E-state index in [-0.39, 0.29) is 5.12 Å². The first-order valence-corrected chi connectivity index (χ1v) is 5.03. The average molecular weight is 220 g/mol. The molecular weight excluding hydrogens is 212 g/mol. The van der Waals surface area contributed by atoms with Crippen molar-refractivity contribution in [1.82, 2.24) is 19.7 Å². The number of aromatic nitrogens is 4. The highest BCUT2D eigenvalue weighted by Gasteiger charge is 2.06. The molecule has 0 bridgehead atoms. The molecule has 2 aromatic heterocycles. The largest absolute Gasteiger partial charge is 0.287 e. The van der Waals surface area contributed by atoms with Crippen molar-refractivity contribution in [3.63, 3.8) is 0 Å². The van der Waals surface area contributed by atoms with Gasteiger partial charge < -0.3 is 0 Å². The Balaban J connectivity index is 2.48. The molecule has 0 aliphatic rings. The molecule has 76 valence electrons. The van der Waals surface area contributed by atoms with Crippen LogP contribution in [0, 0.1) is 0 Å². The van der Waals surface area contributed by atoms with Gasteiger partial charge in [0.1, 0.15) is 10.5 Å². The number of thioether (sulfide) groups is 1. The maximum atomic E-state index is 10.9. The Hall–Kier alpha value is -1.69. The molecule has 6 heteroatoms. The summed E-state index contributed by atoms with van der Waals surface area (Å²) in [7, 11) is 0. The molecule has 0 spiro atoms. The van der Waals surface area contributed by atoms with E-state index in [9.17, 15) is 4.79 Å². The summed E-state index contributed by atoms with van der Waals surface area (Å²) in [6.45, 7) is 5.09. The molecule has 0 saturated carbocycles. The van der Waals surface area contributed by atoms with Gasteiger partial charge in [0.2, 0.25) is 0 Å². The van der Waals surface area contributed by atoms with E-state index in [0.29, 0.717) is 16.2 Å². The van der Waals surface area contributed by atoms with Crippen LogP contribution >= 0.6 is 11.8 Å². The number of rotatable bonds is 2. The van der Waals surface area contributed by atoms with Crippen LogP contribution in [-0.4, -0.2) is 24.9 Å². The van der Waals surface area contributed by atoms with Gasteiger partial charge in [0.15, 0.2) is 10.8 Å². The van der Waals surface area contributed by atoms with E-state index in [2.05, 4.69) is 21.6 Å². The lowest BCUT2D eigenvalue weighted by Crippen LogP contribution is -1.92. The molecule has 0 saturated heterocycles. The van der Waals surface area contributed by atoms with Gasteiger partial charge in [-0.3, -0.25) is 4.79 Å². The zero-order valence-corrected chi connectivity index (χ0v) is 8.86. The monoisotopic (exact) mass is 220 g/mol. The van der Waals surface area contributed by atoms with E-state index < -0.39 is 0 Å². The van der Waals surface area contributed by atoms with Crippen LogP contribution in [-0.2, 0) is 4.79 Å². The lowest BCUT2D eigenvalue weighted by Gasteiger charge is -1.96. The topological polar surface area (TPSA) is 60.7 Å². The van der Waals surface area contributed by atoms with Crippen LogP contribution in [0.15, 0.2) is 24.0 Å². The van der Waals surface area contributed by atoms with Crippen molar-refractivity contribution in [1.29, 1.82) is 0 Å². The van der Waals surface area contributed by atoms with E-state index in [1.165, 1.54) is 11.6 Å². The second-order valence-corrected chi connectivity index (χ2v) is 3.98. The normalized spacial score (nSPS) is 10.5. The summed E-state index contributed by atoms with van der Waals surface area (Å²) in [5.74, 6) is 0. The lowest BCUT2D eigenvalue weighted by atomic mass is 10.5. The summed E-state index contributed by atoms with van der Waals surface area (Å²) in [4.78, 5) is 19.3. The zero-order chi connectivity index (χ0) is 10.8. The molecule has 0 N–H and O–H groups in total. The van der Waals surface area contributed by atoms with Crippen molar-refractivity contribution in [2.45, 2.75) is 11.9 Å². The van der Waals surface area contributed by atoms with Gasteiger partial charge >= 0.3 is 0 Å². The standard InChI is InChI=1S/C9H8N4OS/c1-3-13-9-7(4-11-13)12-8(5-10-9)15-6(2)14/h3-5H,1H2,2H3. The summed E-state index contributed by atoms with van der Waals surface area (Å²) in [5, 5.41) is 4.58. The van der Waals surface area contributed by atoms with Crippen LogP contribution in [0.25, 0.3) is 17.4 Å². The first kappa shape index (κ1) is 9.85. The predicted octanol–water partition coefficient (Wildman–Crippen LogP) is 1.57. The van der Waals surface area contributed by atoms with Gasteiger partial charge in [-0.25, -0.2) is 14.6 Å². The van der Waals surface area contributed by atoms with E-state index in [1.807, 2.05) is 0 Å². The second-order valence-electron chi connectivity index (χ2n) is 2.78. The number of nitrogens with zero attached hydrogens (tertiary/aromatic N) is 4. The average Bonchev–Trinajstić information content (AvgIpc) is 2.58. The van der Waals surface area contributed by atoms with Crippen molar-refractivity contribution >= 4 is 34.2 Å². The number of carbonyl (C=O) groups is 1. The molecule has 0 aliphatic carbocycles. The van der Waals surface area contributed by atoms with E-state index in [0.717, 1.165) is 11.8 Å². The van der Waals surface area contributed by atoms with Gasteiger partial charge in [-0.05, 0) is 11.8 Å². The summed E-state index contributed by atoms with van der Waals surface area (Å²) in [5.41, 5.74) is 1.29. The fraction of sp³-hybridized carbons (Fsp3) is 0.111. The van der Waals surface area contributed by atoms with Crippen LogP contribution in [0.4, 0.5) is 0 Å². The highest BCUT2D eigenvalue weighted by atomic mass is 32.2. The number of hydrogen-bond acceptors (Lipinski definition) is 5. The van der Waals surface area contributed by atoms with Gasteiger partial charge in [0.05, 0.1) is 12.4 Å². The smallest absolute Gasteiger partial charge is 0.192 e. The van der Waals surface area contributed by atoms with Crippen LogP contribution < -0.4 is 0 Å². The minimum Gasteiger partial charge on any atom is -0.287 e. The summed E-state index contributed by atoms with van der Waals surface area (Å²) >= 11 is 1.05. The molecule has 0 aromatic carbocycles. The molecule has 2 heterocycles. The van der Waals surface area contributed by atoms with Crippen molar-refractivity contribution in [3.05, 3.63) is 19.0 Å². The first-order valence-electron chi connectivity index (χ1n) is 4.22. The first-order chi connectivity index (χ1) is 7.20. The highest BCUT2D eigenvalue weighted by molar-refractivity contribution is 8.13. The molecule has 0 aliphatic heterocycles. The highest BCUT2D eigenvalue weighted by Crippen LogP contribution is 2.17. The Morgan fingerprint density at radius 2 is 2.40 bits per heavy atom. The van der Waals surface area contributed by atoms with Gasteiger partial charge in [-0.1, -0.05) is 6.58 Å². The molecule has 0 amide bonds. The lowest BCUT2D eigenvalue weighted by molar-refractivity contribution is -0.109. The number of hydrogen-bond donors (Lipinski definition) is 0. The quantitative estimate of drug-likeness (QED) is 0.719. The van der Waals surface area contributed by atoms with E-state index >= 15 is 0 Å².